The predicted octanol–water partition coefficient (Wildman–Crippen LogP) is 2.11. The lowest BCUT2D eigenvalue weighted by molar-refractivity contribution is 0.253. The maximum Gasteiger partial charge on any atom is 0.0836 e. The highest BCUT2D eigenvalue weighted by Crippen LogP contribution is 2.39. The molecule has 0 aliphatic carbocycles. The Hall–Kier alpha value is -2.17. The number of aromatic nitrogens is 1. The third-order valence-corrected chi connectivity index (χ3v) is 4.01. The fourth-order valence-corrected chi connectivity index (χ4v) is 3.04. The zero-order valence-electron chi connectivity index (χ0n) is 10.9. The molecule has 2 N–H and O–H groups in total. The van der Waals surface area contributed by atoms with Crippen LogP contribution >= 0.6 is 0 Å². The molecule has 0 unspecified atom stereocenters. The first-order chi connectivity index (χ1) is 9.81. The quantitative estimate of drug-likeness (QED) is 0.874. The zero-order chi connectivity index (χ0) is 13.7. The average molecular weight is 266 g/mol. The van der Waals surface area contributed by atoms with E-state index in [0.29, 0.717) is 6.54 Å². The second-order valence-electron chi connectivity index (χ2n) is 5.08. The van der Waals surface area contributed by atoms with E-state index in [-0.39, 0.29) is 13.2 Å². The van der Waals surface area contributed by atoms with Gasteiger partial charge < -0.3 is 14.8 Å². The van der Waals surface area contributed by atoms with Crippen molar-refractivity contribution in [2.24, 2.45) is 4.99 Å². The summed E-state index contributed by atoms with van der Waals surface area (Å²) in [5.74, 6) is 0. The van der Waals surface area contributed by atoms with Crippen LogP contribution in [0.2, 0.25) is 0 Å². The van der Waals surface area contributed by atoms with E-state index in [9.17, 15) is 10.2 Å². The first kappa shape index (κ1) is 11.6. The van der Waals surface area contributed by atoms with Crippen LogP contribution in [0.5, 0.6) is 0 Å². The lowest BCUT2D eigenvalue weighted by Gasteiger charge is -2.17. The van der Waals surface area contributed by atoms with Crippen molar-refractivity contribution in [1.29, 1.82) is 0 Å². The normalized spacial score (nSPS) is 15.3. The van der Waals surface area contributed by atoms with E-state index < -0.39 is 0 Å². The van der Waals surface area contributed by atoms with E-state index in [2.05, 4.69) is 17.1 Å². The number of para-hydroxylation sites is 1. The van der Waals surface area contributed by atoms with Crippen molar-refractivity contribution in [2.75, 3.05) is 0 Å². The first-order valence-corrected chi connectivity index (χ1v) is 6.64. The van der Waals surface area contributed by atoms with Crippen LogP contribution in [0.3, 0.4) is 0 Å². The monoisotopic (exact) mass is 266 g/mol. The number of hydrogen-bond acceptors (Lipinski definition) is 3. The molecule has 1 aromatic heterocycles. The molecular formula is C16H14N2O2. The highest BCUT2D eigenvalue weighted by molar-refractivity contribution is 6.33. The van der Waals surface area contributed by atoms with Gasteiger partial charge >= 0.3 is 0 Å². The number of allylic oxidation sites excluding steroid dienone is 1. The summed E-state index contributed by atoms with van der Waals surface area (Å²) in [5, 5.41) is 18.9. The molecular weight excluding hydrogens is 252 g/mol. The van der Waals surface area contributed by atoms with Crippen molar-refractivity contribution in [3.05, 3.63) is 52.8 Å². The lowest BCUT2D eigenvalue weighted by atomic mass is 9.99. The van der Waals surface area contributed by atoms with Crippen LogP contribution in [-0.4, -0.2) is 20.5 Å². The second-order valence-corrected chi connectivity index (χ2v) is 5.08. The lowest BCUT2D eigenvalue weighted by Crippen LogP contribution is -2.17. The Morgan fingerprint density at radius 2 is 2.00 bits per heavy atom. The Kier molecular flexibility index (Phi) is 2.42. The second kappa shape index (κ2) is 4.16. The fourth-order valence-electron chi connectivity index (χ4n) is 3.04. The van der Waals surface area contributed by atoms with E-state index in [1.165, 1.54) is 0 Å². The maximum absolute atomic E-state index is 9.52. The summed E-state index contributed by atoms with van der Waals surface area (Å²) in [7, 11) is 0. The van der Waals surface area contributed by atoms with Crippen molar-refractivity contribution >= 4 is 23.0 Å². The molecule has 0 amide bonds. The molecule has 4 nitrogen and oxygen atoms in total. The van der Waals surface area contributed by atoms with Crippen molar-refractivity contribution in [1.82, 2.24) is 4.57 Å². The topological polar surface area (TPSA) is 57.8 Å². The molecule has 0 radical (unpaired) electrons. The highest BCUT2D eigenvalue weighted by atomic mass is 16.3. The standard InChI is InChI=1S/C16H14N2O2/c19-8-10-5-11-6-13-12-3-1-2-4-14(12)17-15(13)7-18(11)16(10)9-20/h1-6,19-20H,7-9H2. The molecule has 100 valence electrons. The number of hydrogen-bond donors (Lipinski definition) is 2. The summed E-state index contributed by atoms with van der Waals surface area (Å²) >= 11 is 0. The fraction of sp³-hybridized carbons (Fsp3) is 0.188. The largest absolute Gasteiger partial charge is 0.392 e. The van der Waals surface area contributed by atoms with Gasteiger partial charge in [0.05, 0.1) is 31.2 Å². The van der Waals surface area contributed by atoms with Gasteiger partial charge in [-0.05, 0) is 18.2 Å². The number of aliphatic hydroxyl groups excluding tert-OH is 2. The molecule has 4 rings (SSSR count). The van der Waals surface area contributed by atoms with E-state index in [1.807, 2.05) is 28.8 Å². The Morgan fingerprint density at radius 3 is 2.80 bits per heavy atom. The molecule has 20 heavy (non-hydrogen) atoms. The molecule has 1 aromatic carbocycles. The van der Waals surface area contributed by atoms with Gasteiger partial charge in [-0.25, -0.2) is 0 Å². The van der Waals surface area contributed by atoms with Gasteiger partial charge in [0.15, 0.2) is 0 Å². The smallest absolute Gasteiger partial charge is 0.0836 e. The third kappa shape index (κ3) is 1.46. The Morgan fingerprint density at radius 1 is 1.15 bits per heavy atom. The minimum absolute atomic E-state index is 0.0534. The van der Waals surface area contributed by atoms with Gasteiger partial charge in [-0.15, -0.1) is 0 Å². The predicted molar refractivity (Wildman–Crippen MR) is 77.7 cm³/mol. The minimum Gasteiger partial charge on any atom is -0.392 e. The molecule has 0 spiro atoms. The number of fused-ring (bicyclic) bond motifs is 4. The minimum atomic E-state index is -0.0701. The Labute approximate surface area is 116 Å². The number of benzene rings is 1. The van der Waals surface area contributed by atoms with Gasteiger partial charge in [0, 0.05) is 28.1 Å². The third-order valence-electron chi connectivity index (χ3n) is 4.01. The zero-order valence-corrected chi connectivity index (χ0v) is 10.9. The van der Waals surface area contributed by atoms with Gasteiger partial charge in [0.1, 0.15) is 0 Å². The Balaban J connectivity index is 1.91. The first-order valence-electron chi connectivity index (χ1n) is 6.64. The van der Waals surface area contributed by atoms with Crippen LogP contribution in [0.4, 0.5) is 5.69 Å². The van der Waals surface area contributed by atoms with Crippen molar-refractivity contribution in [2.45, 2.75) is 19.8 Å². The van der Waals surface area contributed by atoms with E-state index in [4.69, 9.17) is 0 Å². The molecule has 2 aromatic rings. The van der Waals surface area contributed by atoms with Gasteiger partial charge in [-0.3, -0.25) is 4.99 Å². The molecule has 0 bridgehead atoms. The van der Waals surface area contributed by atoms with Crippen molar-refractivity contribution < 1.29 is 10.2 Å². The number of nitrogens with zero attached hydrogens (tertiary/aromatic N) is 2. The van der Waals surface area contributed by atoms with E-state index in [0.717, 1.165) is 39.5 Å². The summed E-state index contributed by atoms with van der Waals surface area (Å²) in [4.78, 5) is 4.67. The van der Waals surface area contributed by atoms with Gasteiger partial charge in [0.25, 0.3) is 0 Å². The Bertz CT molecular complexity index is 769. The number of aliphatic imine (C=N–C) groups is 1. The average Bonchev–Trinajstić information content (AvgIpc) is 3.01. The van der Waals surface area contributed by atoms with Gasteiger partial charge in [0.2, 0.25) is 0 Å². The van der Waals surface area contributed by atoms with E-state index >= 15 is 0 Å². The molecule has 3 heterocycles. The number of rotatable bonds is 2. The molecule has 0 fully saturated rings. The molecule has 4 heteroatoms. The van der Waals surface area contributed by atoms with Crippen LogP contribution in [-0.2, 0) is 19.8 Å². The molecule has 0 saturated heterocycles. The molecule has 0 atom stereocenters. The van der Waals surface area contributed by atoms with Crippen LogP contribution in [0.25, 0.3) is 11.6 Å². The van der Waals surface area contributed by atoms with Crippen LogP contribution < -0.4 is 0 Å². The summed E-state index contributed by atoms with van der Waals surface area (Å²) in [6, 6.07) is 10.0. The van der Waals surface area contributed by atoms with Crippen LogP contribution in [0, 0.1) is 0 Å². The summed E-state index contributed by atoms with van der Waals surface area (Å²) in [6.45, 7) is 0.521. The van der Waals surface area contributed by atoms with Gasteiger partial charge in [-0.2, -0.15) is 0 Å². The van der Waals surface area contributed by atoms with Crippen molar-refractivity contribution in [3.8, 4) is 0 Å². The summed E-state index contributed by atoms with van der Waals surface area (Å²) < 4.78 is 2.03. The number of aliphatic hydroxyl groups is 2. The van der Waals surface area contributed by atoms with E-state index in [1.54, 1.807) is 0 Å². The van der Waals surface area contributed by atoms with Crippen molar-refractivity contribution in [3.63, 3.8) is 0 Å². The SMILES string of the molecule is OCc1cc2n(c1CO)CC1=Nc3ccccc3C1=C2. The summed E-state index contributed by atoms with van der Waals surface area (Å²) in [6.07, 6.45) is 2.09. The van der Waals surface area contributed by atoms with Crippen LogP contribution in [0.15, 0.2) is 35.3 Å². The maximum atomic E-state index is 9.52. The van der Waals surface area contributed by atoms with Crippen LogP contribution in [0.1, 0.15) is 22.5 Å². The highest BCUT2D eigenvalue weighted by Gasteiger charge is 2.27. The molecule has 2 aliphatic rings. The molecule has 2 aliphatic heterocycles. The molecule has 0 saturated carbocycles. The van der Waals surface area contributed by atoms with Gasteiger partial charge in [-0.1, -0.05) is 18.2 Å². The summed E-state index contributed by atoms with van der Waals surface area (Å²) in [5.41, 5.74) is 6.92.